The molecule has 138 valence electrons. The number of H-pyrrole nitrogens is 1. The van der Waals surface area contributed by atoms with Gasteiger partial charge in [0.25, 0.3) is 12.0 Å². The summed E-state index contributed by atoms with van der Waals surface area (Å²) in [5.74, 6) is 0.234. The van der Waals surface area contributed by atoms with Crippen LogP contribution in [0.15, 0.2) is 29.1 Å². The molecule has 1 N–H and O–H groups in total. The Balaban J connectivity index is 2.08. The van der Waals surface area contributed by atoms with Crippen molar-refractivity contribution in [2.75, 3.05) is 0 Å². The number of aromatic amines is 1. The minimum absolute atomic E-state index is 0.0278. The van der Waals surface area contributed by atoms with E-state index in [4.69, 9.17) is 0 Å². The summed E-state index contributed by atoms with van der Waals surface area (Å²) >= 11 is 0. The molecular formula is C16H14F4N4O2. The molecule has 1 atom stereocenters. The normalized spacial score (nSPS) is 12.9. The van der Waals surface area contributed by atoms with Crippen LogP contribution in [-0.2, 0) is 0 Å². The lowest BCUT2D eigenvalue weighted by Gasteiger charge is -2.14. The van der Waals surface area contributed by atoms with Gasteiger partial charge in [-0.05, 0) is 31.5 Å². The van der Waals surface area contributed by atoms with Crippen molar-refractivity contribution < 1.29 is 22.3 Å². The number of aromatic nitrogens is 4. The minimum Gasteiger partial charge on any atom is -0.435 e. The van der Waals surface area contributed by atoms with Crippen LogP contribution in [0.5, 0.6) is 5.75 Å². The van der Waals surface area contributed by atoms with Crippen LogP contribution in [0.25, 0.3) is 11.0 Å². The number of ether oxygens (including phenoxy) is 1. The van der Waals surface area contributed by atoms with Gasteiger partial charge in [-0.3, -0.25) is 4.79 Å². The Hall–Kier alpha value is -2.91. The molecular weight excluding hydrogens is 356 g/mol. The molecule has 10 heteroatoms. The molecule has 0 saturated heterocycles. The van der Waals surface area contributed by atoms with Crippen LogP contribution in [-0.4, -0.2) is 26.4 Å². The van der Waals surface area contributed by atoms with Crippen molar-refractivity contribution in [2.45, 2.75) is 32.9 Å². The van der Waals surface area contributed by atoms with Gasteiger partial charge in [0.2, 0.25) is 0 Å². The first-order valence-corrected chi connectivity index (χ1v) is 7.60. The third kappa shape index (κ3) is 3.26. The molecule has 0 unspecified atom stereocenters. The molecule has 3 rings (SSSR count). The van der Waals surface area contributed by atoms with Gasteiger partial charge in [-0.2, -0.15) is 13.9 Å². The Labute approximate surface area is 144 Å². The summed E-state index contributed by atoms with van der Waals surface area (Å²) in [4.78, 5) is 18.6. The van der Waals surface area contributed by atoms with Crippen molar-refractivity contribution in [2.24, 2.45) is 0 Å². The zero-order valence-corrected chi connectivity index (χ0v) is 13.7. The lowest BCUT2D eigenvalue weighted by molar-refractivity contribution is -0.0498. The summed E-state index contributed by atoms with van der Waals surface area (Å²) in [6, 6.07) is 5.13. The monoisotopic (exact) mass is 370 g/mol. The van der Waals surface area contributed by atoms with Gasteiger partial charge in [-0.1, -0.05) is 12.1 Å². The van der Waals surface area contributed by atoms with E-state index in [0.717, 1.165) is 0 Å². The van der Waals surface area contributed by atoms with Crippen molar-refractivity contribution in [3.05, 3.63) is 51.7 Å². The summed E-state index contributed by atoms with van der Waals surface area (Å²) in [7, 11) is 0. The highest BCUT2D eigenvalue weighted by Gasteiger charge is 2.25. The number of nitrogens with one attached hydrogen (secondary N) is 1. The summed E-state index contributed by atoms with van der Waals surface area (Å²) in [5.41, 5.74) is -0.723. The van der Waals surface area contributed by atoms with E-state index in [1.807, 2.05) is 0 Å². The Morgan fingerprint density at radius 3 is 2.38 bits per heavy atom. The van der Waals surface area contributed by atoms with Crippen molar-refractivity contribution in [3.8, 4) is 5.75 Å². The maximum atomic E-state index is 13.3. The zero-order valence-electron chi connectivity index (χ0n) is 13.7. The van der Waals surface area contributed by atoms with Crippen molar-refractivity contribution in [3.63, 3.8) is 0 Å². The molecule has 6 nitrogen and oxygen atoms in total. The standard InChI is InChI=1S/C16H14F4N4O2/c1-7(9-3-5-10(6-4-9)26-16(19)20)24-14-11(12(23-24)13(17)18)15(25)22-8(2)21-14/h3-7,13,16H,1-2H3,(H,21,22,25)/t7-/m1/s1. The predicted molar refractivity (Wildman–Crippen MR) is 84.7 cm³/mol. The lowest BCUT2D eigenvalue weighted by atomic mass is 10.1. The number of alkyl halides is 4. The van der Waals surface area contributed by atoms with Gasteiger partial charge in [0.15, 0.2) is 5.65 Å². The molecule has 26 heavy (non-hydrogen) atoms. The number of rotatable bonds is 5. The van der Waals surface area contributed by atoms with Gasteiger partial charge in [-0.15, -0.1) is 0 Å². The van der Waals surface area contributed by atoms with Crippen molar-refractivity contribution in [1.82, 2.24) is 19.7 Å². The summed E-state index contributed by atoms with van der Waals surface area (Å²) in [6.07, 6.45) is -2.95. The van der Waals surface area contributed by atoms with Crippen LogP contribution in [0.3, 0.4) is 0 Å². The van der Waals surface area contributed by atoms with E-state index in [9.17, 15) is 22.4 Å². The van der Waals surface area contributed by atoms with Gasteiger partial charge in [-0.25, -0.2) is 18.4 Å². The quantitative estimate of drug-likeness (QED) is 0.697. The number of halogens is 4. The minimum atomic E-state index is -2.95. The fraction of sp³-hybridized carbons (Fsp3) is 0.312. The molecule has 0 aliphatic carbocycles. The van der Waals surface area contributed by atoms with Gasteiger partial charge >= 0.3 is 6.61 Å². The number of benzene rings is 1. The van der Waals surface area contributed by atoms with Gasteiger partial charge in [0, 0.05) is 0 Å². The SMILES string of the molecule is Cc1nc2c(c(C(F)F)nn2[C@H](C)c2ccc(OC(F)F)cc2)c(=O)[nH]1. The summed E-state index contributed by atoms with van der Waals surface area (Å²) in [5, 5.41) is 3.60. The van der Waals surface area contributed by atoms with Crippen LogP contribution >= 0.6 is 0 Å². The number of nitrogens with zero attached hydrogens (tertiary/aromatic N) is 3. The van der Waals surface area contributed by atoms with Crippen LogP contribution in [0.4, 0.5) is 17.6 Å². The molecule has 2 aromatic heterocycles. The number of fused-ring (bicyclic) bond motifs is 1. The Morgan fingerprint density at radius 1 is 1.15 bits per heavy atom. The molecule has 0 saturated carbocycles. The van der Waals surface area contributed by atoms with Crippen molar-refractivity contribution >= 4 is 11.0 Å². The van der Waals surface area contributed by atoms with E-state index in [1.54, 1.807) is 6.92 Å². The lowest BCUT2D eigenvalue weighted by Crippen LogP contribution is -2.13. The molecule has 2 heterocycles. The molecule has 0 radical (unpaired) electrons. The van der Waals surface area contributed by atoms with Crippen LogP contribution in [0.1, 0.15) is 36.5 Å². The molecule has 1 aromatic carbocycles. The highest BCUT2D eigenvalue weighted by molar-refractivity contribution is 5.77. The van der Waals surface area contributed by atoms with E-state index in [2.05, 4.69) is 19.8 Å². The second-order valence-electron chi connectivity index (χ2n) is 5.60. The molecule has 0 spiro atoms. The third-order valence-corrected chi connectivity index (χ3v) is 3.87. The van der Waals surface area contributed by atoms with Gasteiger partial charge < -0.3 is 9.72 Å². The van der Waals surface area contributed by atoms with E-state index in [1.165, 1.54) is 35.9 Å². The van der Waals surface area contributed by atoms with Crippen LogP contribution < -0.4 is 10.3 Å². The van der Waals surface area contributed by atoms with Crippen molar-refractivity contribution in [1.29, 1.82) is 0 Å². The first kappa shape index (κ1) is 17.9. The van der Waals surface area contributed by atoms with Crippen LogP contribution in [0.2, 0.25) is 0 Å². The number of hydrogen-bond acceptors (Lipinski definition) is 4. The number of aryl methyl sites for hydroxylation is 1. The summed E-state index contributed by atoms with van der Waals surface area (Å²) < 4.78 is 56.5. The fourth-order valence-corrected chi connectivity index (χ4v) is 2.67. The molecule has 0 fully saturated rings. The molecule has 0 aliphatic heterocycles. The summed E-state index contributed by atoms with van der Waals surface area (Å²) in [6.45, 7) is 0.255. The Morgan fingerprint density at radius 2 is 1.81 bits per heavy atom. The molecule has 3 aromatic rings. The maximum absolute atomic E-state index is 13.3. The molecule has 0 amide bonds. The van der Waals surface area contributed by atoms with E-state index in [0.29, 0.717) is 5.56 Å². The second kappa shape index (κ2) is 6.77. The average molecular weight is 370 g/mol. The predicted octanol–water partition coefficient (Wildman–Crippen LogP) is 3.58. The van der Waals surface area contributed by atoms with E-state index >= 15 is 0 Å². The Kier molecular flexibility index (Phi) is 4.66. The molecule has 0 aliphatic rings. The highest BCUT2D eigenvalue weighted by Crippen LogP contribution is 2.28. The second-order valence-corrected chi connectivity index (χ2v) is 5.60. The average Bonchev–Trinajstić information content (AvgIpc) is 2.94. The van der Waals surface area contributed by atoms with Gasteiger partial charge in [0.05, 0.1) is 6.04 Å². The number of hydrogen-bond donors (Lipinski definition) is 1. The largest absolute Gasteiger partial charge is 0.435 e. The zero-order chi connectivity index (χ0) is 19.0. The first-order valence-electron chi connectivity index (χ1n) is 7.60. The van der Waals surface area contributed by atoms with E-state index in [-0.39, 0.29) is 22.6 Å². The Bertz CT molecular complexity index is 982. The third-order valence-electron chi connectivity index (χ3n) is 3.87. The fourth-order valence-electron chi connectivity index (χ4n) is 2.67. The first-order chi connectivity index (χ1) is 12.3. The van der Waals surface area contributed by atoms with Gasteiger partial charge in [0.1, 0.15) is 22.7 Å². The topological polar surface area (TPSA) is 72.8 Å². The molecule has 0 bridgehead atoms. The maximum Gasteiger partial charge on any atom is 0.387 e. The highest BCUT2D eigenvalue weighted by atomic mass is 19.3. The van der Waals surface area contributed by atoms with Crippen LogP contribution in [0, 0.1) is 6.92 Å². The van der Waals surface area contributed by atoms with E-state index < -0.39 is 30.3 Å². The smallest absolute Gasteiger partial charge is 0.387 e.